The van der Waals surface area contributed by atoms with Crippen molar-refractivity contribution in [2.45, 2.75) is 26.7 Å². The molecule has 2 aromatic rings. The zero-order valence-corrected chi connectivity index (χ0v) is 13.7. The van der Waals surface area contributed by atoms with Crippen molar-refractivity contribution in [3.8, 4) is 5.69 Å². The third kappa shape index (κ3) is 4.76. The van der Waals surface area contributed by atoms with Gasteiger partial charge in [-0.15, -0.1) is 0 Å². The number of aryl methyl sites for hydroxylation is 1. The van der Waals surface area contributed by atoms with Crippen LogP contribution < -0.4 is 5.32 Å². The Balaban J connectivity index is 1.83. The molecule has 0 aliphatic carbocycles. The van der Waals surface area contributed by atoms with E-state index in [9.17, 15) is 0 Å². The minimum Gasteiger partial charge on any atom is -0.316 e. The maximum absolute atomic E-state index is 4.43. The number of rotatable bonds is 7. The smallest absolute Gasteiger partial charge is 0.0656 e. The van der Waals surface area contributed by atoms with E-state index >= 15 is 0 Å². The third-order valence-electron chi connectivity index (χ3n) is 3.08. The van der Waals surface area contributed by atoms with E-state index in [2.05, 4.69) is 58.5 Å². The van der Waals surface area contributed by atoms with Crippen molar-refractivity contribution >= 4 is 15.9 Å². The second-order valence-corrected chi connectivity index (χ2v) is 6.39. The molecule has 4 heteroatoms. The van der Waals surface area contributed by atoms with Crippen molar-refractivity contribution in [2.75, 3.05) is 13.1 Å². The summed E-state index contributed by atoms with van der Waals surface area (Å²) < 4.78 is 3.01. The first-order valence-electron chi connectivity index (χ1n) is 7.15. The highest BCUT2D eigenvalue weighted by Gasteiger charge is 2.02. The summed E-state index contributed by atoms with van der Waals surface area (Å²) in [5.41, 5.74) is 2.37. The van der Waals surface area contributed by atoms with E-state index in [-0.39, 0.29) is 0 Å². The molecule has 1 heterocycles. The summed E-state index contributed by atoms with van der Waals surface area (Å²) in [4.78, 5) is 0. The number of hydrogen-bond acceptors (Lipinski definition) is 2. The summed E-state index contributed by atoms with van der Waals surface area (Å²) in [6.45, 7) is 6.63. The van der Waals surface area contributed by atoms with Crippen molar-refractivity contribution in [1.29, 1.82) is 0 Å². The lowest BCUT2D eigenvalue weighted by Crippen LogP contribution is -2.20. The number of nitrogens with one attached hydrogen (secondary N) is 1. The lowest BCUT2D eigenvalue weighted by atomic mass is 10.2. The molecule has 20 heavy (non-hydrogen) atoms. The molecule has 0 amide bonds. The fraction of sp³-hybridized carbons (Fsp3) is 0.438. The minimum atomic E-state index is 0.717. The predicted octanol–water partition coefficient (Wildman–Crippen LogP) is 3.81. The van der Waals surface area contributed by atoms with E-state index in [1.807, 2.05) is 23.0 Å². The highest BCUT2D eigenvalue weighted by molar-refractivity contribution is 9.10. The zero-order valence-electron chi connectivity index (χ0n) is 12.1. The maximum atomic E-state index is 4.43. The van der Waals surface area contributed by atoms with Gasteiger partial charge in [0.25, 0.3) is 0 Å². The average Bonchev–Trinajstić information content (AvgIpc) is 2.87. The third-order valence-corrected chi connectivity index (χ3v) is 3.57. The van der Waals surface area contributed by atoms with E-state index < -0.39 is 0 Å². The van der Waals surface area contributed by atoms with Crippen LogP contribution in [0.3, 0.4) is 0 Å². The summed E-state index contributed by atoms with van der Waals surface area (Å²) in [5, 5.41) is 7.90. The predicted molar refractivity (Wildman–Crippen MR) is 87.3 cm³/mol. The molecule has 0 spiro atoms. The molecule has 1 N–H and O–H groups in total. The topological polar surface area (TPSA) is 29.9 Å². The molecule has 0 fully saturated rings. The zero-order chi connectivity index (χ0) is 14.4. The molecule has 0 saturated carbocycles. The molecule has 0 aliphatic heterocycles. The van der Waals surface area contributed by atoms with Crippen LogP contribution in [0.4, 0.5) is 0 Å². The summed E-state index contributed by atoms with van der Waals surface area (Å²) in [7, 11) is 0. The first-order valence-corrected chi connectivity index (χ1v) is 7.94. The summed E-state index contributed by atoms with van der Waals surface area (Å²) in [6, 6.07) is 8.18. The molecule has 1 aromatic carbocycles. The molecule has 1 aromatic heterocycles. The Morgan fingerprint density at radius 3 is 2.95 bits per heavy atom. The van der Waals surface area contributed by atoms with E-state index in [4.69, 9.17) is 0 Å². The van der Waals surface area contributed by atoms with Crippen molar-refractivity contribution in [2.24, 2.45) is 5.92 Å². The van der Waals surface area contributed by atoms with Crippen molar-refractivity contribution in [3.05, 3.63) is 46.7 Å². The first kappa shape index (κ1) is 15.3. The van der Waals surface area contributed by atoms with Gasteiger partial charge in [0.15, 0.2) is 0 Å². The van der Waals surface area contributed by atoms with Gasteiger partial charge in [0.05, 0.1) is 11.9 Å². The highest BCUT2D eigenvalue weighted by atomic mass is 79.9. The molecule has 0 radical (unpaired) electrons. The summed E-state index contributed by atoms with van der Waals surface area (Å²) in [5.74, 6) is 0.717. The van der Waals surface area contributed by atoms with Crippen molar-refractivity contribution in [1.82, 2.24) is 15.1 Å². The quantitative estimate of drug-likeness (QED) is 0.779. The molecule has 2 rings (SSSR count). The van der Waals surface area contributed by atoms with Crippen molar-refractivity contribution in [3.63, 3.8) is 0 Å². The molecule has 0 bridgehead atoms. The average molecular weight is 336 g/mol. The molecule has 0 saturated heterocycles. The fourth-order valence-electron chi connectivity index (χ4n) is 2.06. The van der Waals surface area contributed by atoms with Gasteiger partial charge >= 0.3 is 0 Å². The van der Waals surface area contributed by atoms with Crippen LogP contribution in [0, 0.1) is 5.92 Å². The Morgan fingerprint density at radius 1 is 1.35 bits per heavy atom. The minimum absolute atomic E-state index is 0.717. The van der Waals surface area contributed by atoms with Crippen LogP contribution in [0.15, 0.2) is 41.1 Å². The van der Waals surface area contributed by atoms with Gasteiger partial charge in [-0.3, -0.25) is 0 Å². The SMILES string of the molecule is CC(C)CNCCCc1cnn(-c2cccc(Br)c2)c1. The molecule has 108 valence electrons. The first-order chi connectivity index (χ1) is 9.65. The van der Waals surface area contributed by atoms with Crippen LogP contribution >= 0.6 is 15.9 Å². The van der Waals surface area contributed by atoms with Gasteiger partial charge in [-0.2, -0.15) is 5.10 Å². The van der Waals surface area contributed by atoms with E-state index in [1.165, 1.54) is 5.56 Å². The number of benzene rings is 1. The van der Waals surface area contributed by atoms with Gasteiger partial charge in [0, 0.05) is 10.7 Å². The van der Waals surface area contributed by atoms with E-state index in [0.717, 1.165) is 36.1 Å². The Labute approximate surface area is 129 Å². The van der Waals surface area contributed by atoms with Crippen molar-refractivity contribution < 1.29 is 0 Å². The number of hydrogen-bond donors (Lipinski definition) is 1. The monoisotopic (exact) mass is 335 g/mol. The highest BCUT2D eigenvalue weighted by Crippen LogP contribution is 2.15. The standard InChI is InChI=1S/C16H22BrN3/c1-13(2)10-18-8-4-5-14-11-19-20(12-14)16-7-3-6-15(17)9-16/h3,6-7,9,11-13,18H,4-5,8,10H2,1-2H3. The van der Waals surface area contributed by atoms with Crippen LogP contribution in [0.1, 0.15) is 25.8 Å². The van der Waals surface area contributed by atoms with Crippen LogP contribution in [0.5, 0.6) is 0 Å². The van der Waals surface area contributed by atoms with Crippen LogP contribution in [0.2, 0.25) is 0 Å². The lowest BCUT2D eigenvalue weighted by molar-refractivity contribution is 0.543. The molecule has 0 unspecified atom stereocenters. The van der Waals surface area contributed by atoms with Crippen LogP contribution in [0.25, 0.3) is 5.69 Å². The number of halogens is 1. The largest absolute Gasteiger partial charge is 0.316 e. The molecule has 0 atom stereocenters. The number of nitrogens with zero attached hydrogens (tertiary/aromatic N) is 2. The van der Waals surface area contributed by atoms with Gasteiger partial charge in [-0.25, -0.2) is 4.68 Å². The summed E-state index contributed by atoms with van der Waals surface area (Å²) in [6.07, 6.45) is 6.30. The van der Waals surface area contributed by atoms with Crippen LogP contribution in [-0.2, 0) is 6.42 Å². The second kappa shape index (κ2) is 7.60. The lowest BCUT2D eigenvalue weighted by Gasteiger charge is -2.06. The Bertz CT molecular complexity index is 534. The van der Waals surface area contributed by atoms with Gasteiger partial charge in [-0.1, -0.05) is 35.8 Å². The van der Waals surface area contributed by atoms with Gasteiger partial charge in [0.2, 0.25) is 0 Å². The maximum Gasteiger partial charge on any atom is 0.0656 e. The Hall–Kier alpha value is -1.13. The fourth-order valence-corrected chi connectivity index (χ4v) is 2.44. The molecule has 0 aliphatic rings. The summed E-state index contributed by atoms with van der Waals surface area (Å²) >= 11 is 3.49. The van der Waals surface area contributed by atoms with Gasteiger partial charge in [-0.05, 0) is 55.6 Å². The van der Waals surface area contributed by atoms with Gasteiger partial charge in [0.1, 0.15) is 0 Å². The van der Waals surface area contributed by atoms with E-state index in [0.29, 0.717) is 5.92 Å². The second-order valence-electron chi connectivity index (χ2n) is 5.47. The number of aromatic nitrogens is 2. The molecular formula is C16H22BrN3. The molecular weight excluding hydrogens is 314 g/mol. The van der Waals surface area contributed by atoms with Gasteiger partial charge < -0.3 is 5.32 Å². The Morgan fingerprint density at radius 2 is 2.20 bits per heavy atom. The molecule has 3 nitrogen and oxygen atoms in total. The van der Waals surface area contributed by atoms with Crippen LogP contribution in [-0.4, -0.2) is 22.9 Å². The Kier molecular flexibility index (Phi) is 5.80. The normalized spacial score (nSPS) is 11.2. The van der Waals surface area contributed by atoms with E-state index in [1.54, 1.807) is 0 Å².